The molecule has 7 heteroatoms. The first-order chi connectivity index (χ1) is 15.1. The largest absolute Gasteiger partial charge is 0.388 e. The summed E-state index contributed by atoms with van der Waals surface area (Å²) in [5.74, 6) is -0.174. The second-order valence-corrected chi connectivity index (χ2v) is 8.94. The topological polar surface area (TPSA) is 91.2 Å². The molecule has 2 fully saturated rings. The first kappa shape index (κ1) is 22.0. The third-order valence-corrected chi connectivity index (χ3v) is 6.80. The number of nitrogens with zero attached hydrogens (tertiary/aromatic N) is 1. The number of rotatable bonds is 7. The molecule has 0 spiro atoms. The summed E-state index contributed by atoms with van der Waals surface area (Å²) < 4.78 is 5.86. The van der Waals surface area contributed by atoms with Crippen LogP contribution in [0.3, 0.4) is 0 Å². The van der Waals surface area contributed by atoms with E-state index in [1.54, 1.807) is 0 Å². The highest BCUT2D eigenvalue weighted by molar-refractivity contribution is 8.14. The summed E-state index contributed by atoms with van der Waals surface area (Å²) >= 11 is 1.36. The van der Waals surface area contributed by atoms with Crippen LogP contribution in [-0.4, -0.2) is 57.5 Å². The molecule has 0 aliphatic carbocycles. The van der Waals surface area contributed by atoms with Gasteiger partial charge in [0.2, 0.25) is 0 Å². The minimum Gasteiger partial charge on any atom is -0.388 e. The van der Waals surface area contributed by atoms with Crippen molar-refractivity contribution in [3.8, 4) is 11.1 Å². The third-order valence-electron chi connectivity index (χ3n) is 5.69. The van der Waals surface area contributed by atoms with Crippen LogP contribution in [0.2, 0.25) is 0 Å². The van der Waals surface area contributed by atoms with Crippen molar-refractivity contribution in [3.05, 3.63) is 60.2 Å². The Hall–Kier alpha value is -2.19. The lowest BCUT2D eigenvalue weighted by atomic mass is 9.93. The van der Waals surface area contributed by atoms with E-state index in [1.807, 2.05) is 25.1 Å². The number of benzene rings is 2. The molecule has 5 atom stereocenters. The molecule has 2 aliphatic rings. The van der Waals surface area contributed by atoms with Crippen molar-refractivity contribution in [1.29, 1.82) is 0 Å². The fraction of sp³-hybridized carbons (Fsp3) is 0.417. The van der Waals surface area contributed by atoms with Crippen molar-refractivity contribution in [2.45, 2.75) is 56.0 Å². The highest BCUT2D eigenvalue weighted by atomic mass is 32.2. The monoisotopic (exact) mass is 440 g/mol. The van der Waals surface area contributed by atoms with E-state index in [1.165, 1.54) is 17.3 Å². The number of carbonyl (C=O) groups excluding carboxylic acids is 1. The van der Waals surface area contributed by atoms with Crippen LogP contribution in [0.1, 0.15) is 25.3 Å². The fourth-order valence-electron chi connectivity index (χ4n) is 4.00. The molecule has 2 heterocycles. The van der Waals surface area contributed by atoms with Crippen molar-refractivity contribution in [2.75, 3.05) is 6.54 Å². The third kappa shape index (κ3) is 5.01. The lowest BCUT2D eigenvalue weighted by molar-refractivity contribution is -0.171. The van der Waals surface area contributed by atoms with E-state index in [2.05, 4.69) is 46.7 Å². The van der Waals surface area contributed by atoms with E-state index < -0.39 is 29.8 Å². The SMILES string of the molecule is CCN=C1N[C@@H]2[C@@H](O)[C@H](O)[C@@H](C(=O)CCCc3ccc(-c4ccccc4)cc3)O[C@@H]2S1. The number of ether oxygens (including phenoxy) is 1. The lowest BCUT2D eigenvalue weighted by Crippen LogP contribution is -2.60. The van der Waals surface area contributed by atoms with E-state index in [9.17, 15) is 15.0 Å². The Bertz CT molecular complexity index is 919. The van der Waals surface area contributed by atoms with Gasteiger partial charge in [-0.15, -0.1) is 0 Å². The molecule has 2 aromatic rings. The molecule has 2 saturated heterocycles. The van der Waals surface area contributed by atoms with Crippen LogP contribution < -0.4 is 5.32 Å². The van der Waals surface area contributed by atoms with Gasteiger partial charge in [-0.25, -0.2) is 0 Å². The number of thioether (sulfide) groups is 1. The number of carbonyl (C=O) groups is 1. The van der Waals surface area contributed by atoms with Crippen LogP contribution in [0.15, 0.2) is 59.6 Å². The van der Waals surface area contributed by atoms with Gasteiger partial charge in [-0.05, 0) is 36.5 Å². The zero-order chi connectivity index (χ0) is 21.8. The van der Waals surface area contributed by atoms with Gasteiger partial charge in [-0.3, -0.25) is 9.79 Å². The van der Waals surface area contributed by atoms with E-state index in [4.69, 9.17) is 4.74 Å². The number of hydrogen-bond donors (Lipinski definition) is 3. The van der Waals surface area contributed by atoms with Gasteiger partial charge in [-0.1, -0.05) is 66.4 Å². The molecular formula is C24H28N2O4S. The number of nitrogens with one attached hydrogen (secondary N) is 1. The summed E-state index contributed by atoms with van der Waals surface area (Å²) in [4.78, 5) is 17.0. The number of ketones is 1. The predicted octanol–water partition coefficient (Wildman–Crippen LogP) is 2.77. The lowest BCUT2D eigenvalue weighted by Gasteiger charge is -2.38. The van der Waals surface area contributed by atoms with Gasteiger partial charge in [0, 0.05) is 13.0 Å². The molecule has 2 aliphatic heterocycles. The van der Waals surface area contributed by atoms with Gasteiger partial charge in [0.05, 0.1) is 6.04 Å². The second kappa shape index (κ2) is 9.96. The van der Waals surface area contributed by atoms with E-state index in [-0.39, 0.29) is 5.78 Å². The van der Waals surface area contributed by atoms with Gasteiger partial charge in [0.15, 0.2) is 11.0 Å². The van der Waals surface area contributed by atoms with Gasteiger partial charge in [0.1, 0.15) is 23.7 Å². The molecule has 6 nitrogen and oxygen atoms in total. The van der Waals surface area contributed by atoms with E-state index >= 15 is 0 Å². The molecule has 0 radical (unpaired) electrons. The average Bonchev–Trinajstić information content (AvgIpc) is 3.20. The van der Waals surface area contributed by atoms with Crippen LogP contribution in [0.4, 0.5) is 0 Å². The Morgan fingerprint density at radius 2 is 1.77 bits per heavy atom. The maximum atomic E-state index is 12.7. The molecule has 4 rings (SSSR count). The summed E-state index contributed by atoms with van der Waals surface area (Å²) in [6.07, 6.45) is -1.61. The highest BCUT2D eigenvalue weighted by Gasteiger charge is 2.50. The van der Waals surface area contributed by atoms with Crippen LogP contribution in [0.25, 0.3) is 11.1 Å². The standard InChI is InChI=1S/C24H28N2O4S/c1-2-25-24-26-19-20(28)21(29)22(30-23(19)31-24)18(27)10-6-7-15-11-13-17(14-12-15)16-8-4-3-5-9-16/h3-5,8-9,11-14,19-23,28-29H,2,6-7,10H2,1H3,(H,25,26)/t19-,20-,21+,22-,23-/m1/s1. The molecule has 0 unspecified atom stereocenters. The van der Waals surface area contributed by atoms with Gasteiger partial charge >= 0.3 is 0 Å². The van der Waals surface area contributed by atoms with Crippen LogP contribution in [0.5, 0.6) is 0 Å². The zero-order valence-corrected chi connectivity index (χ0v) is 18.3. The first-order valence-electron chi connectivity index (χ1n) is 10.7. The molecule has 31 heavy (non-hydrogen) atoms. The van der Waals surface area contributed by atoms with Crippen molar-refractivity contribution in [2.24, 2.45) is 4.99 Å². The molecule has 164 valence electrons. The van der Waals surface area contributed by atoms with E-state index in [0.29, 0.717) is 24.6 Å². The van der Waals surface area contributed by atoms with Gasteiger partial charge in [0.25, 0.3) is 0 Å². The summed E-state index contributed by atoms with van der Waals surface area (Å²) in [6.45, 7) is 2.53. The quantitative estimate of drug-likeness (QED) is 0.613. The summed E-state index contributed by atoms with van der Waals surface area (Å²) in [5.41, 5.74) is 3.07. The number of Topliss-reactive ketones (excluding diaryl/α,β-unsaturated/α-hetero) is 1. The summed E-state index contributed by atoms with van der Waals surface area (Å²) in [5, 5.41) is 24.7. The van der Waals surface area contributed by atoms with Crippen molar-refractivity contribution < 1.29 is 19.7 Å². The number of aliphatic hydroxyl groups is 2. The van der Waals surface area contributed by atoms with Crippen molar-refractivity contribution >= 4 is 22.7 Å². The maximum absolute atomic E-state index is 12.7. The number of aliphatic hydroxyl groups excluding tert-OH is 2. The number of aryl methyl sites for hydroxylation is 1. The Morgan fingerprint density at radius 1 is 1.06 bits per heavy atom. The molecule has 0 amide bonds. The zero-order valence-electron chi connectivity index (χ0n) is 17.5. The van der Waals surface area contributed by atoms with Crippen LogP contribution >= 0.6 is 11.8 Å². The Morgan fingerprint density at radius 3 is 2.48 bits per heavy atom. The van der Waals surface area contributed by atoms with Gasteiger partial charge in [-0.2, -0.15) is 0 Å². The number of aliphatic imine (C=N–C) groups is 1. The molecule has 0 aromatic heterocycles. The van der Waals surface area contributed by atoms with Crippen LogP contribution in [-0.2, 0) is 16.0 Å². The number of fused-ring (bicyclic) bond motifs is 1. The fourth-order valence-corrected chi connectivity index (χ4v) is 5.18. The predicted molar refractivity (Wildman–Crippen MR) is 123 cm³/mol. The number of amidine groups is 1. The minimum atomic E-state index is -1.24. The summed E-state index contributed by atoms with van der Waals surface area (Å²) in [7, 11) is 0. The second-order valence-electron chi connectivity index (χ2n) is 7.86. The average molecular weight is 441 g/mol. The minimum absolute atomic E-state index is 0.174. The van der Waals surface area contributed by atoms with Gasteiger partial charge < -0.3 is 20.3 Å². The molecular weight excluding hydrogens is 412 g/mol. The van der Waals surface area contributed by atoms with Crippen molar-refractivity contribution in [3.63, 3.8) is 0 Å². The number of hydrogen-bond acceptors (Lipinski definition) is 6. The smallest absolute Gasteiger partial charge is 0.164 e. The van der Waals surface area contributed by atoms with Crippen LogP contribution in [0, 0.1) is 0 Å². The normalized spacial score (nSPS) is 28.9. The highest BCUT2D eigenvalue weighted by Crippen LogP contribution is 2.34. The first-order valence-corrected chi connectivity index (χ1v) is 11.6. The molecule has 2 aromatic carbocycles. The molecule has 3 N–H and O–H groups in total. The van der Waals surface area contributed by atoms with E-state index in [0.717, 1.165) is 17.5 Å². The maximum Gasteiger partial charge on any atom is 0.164 e. The summed E-state index contributed by atoms with van der Waals surface area (Å²) in [6, 6.07) is 18.1. The molecule has 0 saturated carbocycles. The Labute approximate surface area is 186 Å². The Balaban J connectivity index is 1.30. The van der Waals surface area contributed by atoms with Crippen molar-refractivity contribution in [1.82, 2.24) is 5.32 Å². The molecule has 0 bridgehead atoms. The Kier molecular flexibility index (Phi) is 7.07.